The number of carbonyl (C=O) groups excluding carboxylic acids is 1. The fourth-order valence-electron chi connectivity index (χ4n) is 2.98. The molecular formula is C22H18N4O2. The summed E-state index contributed by atoms with van der Waals surface area (Å²) in [4.78, 5) is 25.1. The highest BCUT2D eigenvalue weighted by atomic mass is 16.5. The van der Waals surface area contributed by atoms with Crippen LogP contribution in [0.2, 0.25) is 0 Å². The molecule has 0 aliphatic carbocycles. The molecule has 0 saturated carbocycles. The van der Waals surface area contributed by atoms with Gasteiger partial charge in [0, 0.05) is 12.4 Å². The lowest BCUT2D eigenvalue weighted by Gasteiger charge is -2.19. The fourth-order valence-corrected chi connectivity index (χ4v) is 2.98. The summed E-state index contributed by atoms with van der Waals surface area (Å²) in [6.07, 6.45) is 4.88. The summed E-state index contributed by atoms with van der Waals surface area (Å²) in [7, 11) is 0. The largest absolute Gasteiger partial charge is 0.467 e. The summed E-state index contributed by atoms with van der Waals surface area (Å²) >= 11 is 0. The molecule has 0 saturated heterocycles. The van der Waals surface area contributed by atoms with Crippen molar-refractivity contribution in [3.05, 3.63) is 96.6 Å². The van der Waals surface area contributed by atoms with E-state index in [2.05, 4.69) is 20.3 Å². The Bertz CT molecular complexity index is 1030. The second-order valence-corrected chi connectivity index (χ2v) is 6.18. The molecule has 0 radical (unpaired) electrons. The number of hydrogen-bond donors (Lipinski definition) is 1. The van der Waals surface area contributed by atoms with E-state index in [-0.39, 0.29) is 18.6 Å². The van der Waals surface area contributed by atoms with Gasteiger partial charge < -0.3 is 10.1 Å². The maximum atomic E-state index is 12.6. The van der Waals surface area contributed by atoms with Crippen molar-refractivity contribution < 1.29 is 9.53 Å². The predicted molar refractivity (Wildman–Crippen MR) is 106 cm³/mol. The number of rotatable bonds is 6. The van der Waals surface area contributed by atoms with Crippen molar-refractivity contribution in [1.82, 2.24) is 20.3 Å². The highest BCUT2D eigenvalue weighted by Gasteiger charge is 2.17. The third-order valence-corrected chi connectivity index (χ3v) is 4.30. The lowest BCUT2D eigenvalue weighted by atomic mass is 10.0. The summed E-state index contributed by atoms with van der Waals surface area (Å²) in [6.45, 7) is -0.148. The van der Waals surface area contributed by atoms with Crippen LogP contribution in [0.5, 0.6) is 5.88 Å². The number of carbonyl (C=O) groups is 1. The zero-order valence-electron chi connectivity index (χ0n) is 15.0. The Hall–Kier alpha value is -3.80. The Morgan fingerprint density at radius 1 is 0.929 bits per heavy atom. The van der Waals surface area contributed by atoms with E-state index in [1.165, 1.54) is 6.33 Å². The van der Waals surface area contributed by atoms with Crippen LogP contribution in [0.25, 0.3) is 10.9 Å². The number of para-hydroxylation sites is 1. The first-order chi connectivity index (χ1) is 13.8. The summed E-state index contributed by atoms with van der Waals surface area (Å²) < 4.78 is 5.67. The molecule has 6 nitrogen and oxygen atoms in total. The van der Waals surface area contributed by atoms with Crippen LogP contribution < -0.4 is 10.1 Å². The molecule has 0 fully saturated rings. The third-order valence-electron chi connectivity index (χ3n) is 4.30. The zero-order valence-corrected chi connectivity index (χ0v) is 15.0. The molecule has 0 aliphatic rings. The van der Waals surface area contributed by atoms with Crippen LogP contribution in [-0.4, -0.2) is 27.5 Å². The number of fused-ring (bicyclic) bond motifs is 1. The van der Waals surface area contributed by atoms with Crippen molar-refractivity contribution in [2.24, 2.45) is 0 Å². The van der Waals surface area contributed by atoms with Gasteiger partial charge >= 0.3 is 0 Å². The Labute approximate surface area is 162 Å². The molecule has 4 aromatic rings. The number of amides is 1. The first kappa shape index (κ1) is 17.6. The number of aromatic nitrogens is 3. The second kappa shape index (κ2) is 8.26. The van der Waals surface area contributed by atoms with Gasteiger partial charge in [0.2, 0.25) is 5.88 Å². The van der Waals surface area contributed by atoms with Crippen LogP contribution in [0.3, 0.4) is 0 Å². The molecule has 28 heavy (non-hydrogen) atoms. The SMILES string of the molecule is O=C(COc1ncnc2ccccc12)NC(c1ccccc1)c1cccnc1. The van der Waals surface area contributed by atoms with E-state index in [1.807, 2.05) is 66.7 Å². The van der Waals surface area contributed by atoms with Gasteiger partial charge in [0.15, 0.2) is 6.61 Å². The van der Waals surface area contributed by atoms with Gasteiger partial charge in [-0.2, -0.15) is 0 Å². The molecule has 2 aromatic heterocycles. The Kier molecular flexibility index (Phi) is 5.20. The molecule has 6 heteroatoms. The van der Waals surface area contributed by atoms with Crippen LogP contribution in [0.15, 0.2) is 85.5 Å². The standard InChI is InChI=1S/C22H18N4O2/c27-20(14-28-22-18-10-4-5-11-19(18)24-15-25-22)26-21(16-7-2-1-3-8-16)17-9-6-12-23-13-17/h1-13,15,21H,14H2,(H,26,27). The van der Waals surface area contributed by atoms with Crippen LogP contribution in [0.1, 0.15) is 17.2 Å². The molecule has 1 unspecified atom stereocenters. The molecule has 2 heterocycles. The number of hydrogen-bond acceptors (Lipinski definition) is 5. The molecule has 0 aliphatic heterocycles. The minimum Gasteiger partial charge on any atom is -0.467 e. The average Bonchev–Trinajstić information content (AvgIpc) is 2.77. The molecular weight excluding hydrogens is 352 g/mol. The lowest BCUT2D eigenvalue weighted by Crippen LogP contribution is -2.33. The number of nitrogens with zero attached hydrogens (tertiary/aromatic N) is 3. The van der Waals surface area contributed by atoms with E-state index in [4.69, 9.17) is 4.74 Å². The summed E-state index contributed by atoms with van der Waals surface area (Å²) in [5, 5.41) is 3.79. The predicted octanol–water partition coefficient (Wildman–Crippen LogP) is 3.31. The quantitative estimate of drug-likeness (QED) is 0.563. The molecule has 1 N–H and O–H groups in total. The van der Waals surface area contributed by atoms with Crippen molar-refractivity contribution in [1.29, 1.82) is 0 Å². The molecule has 1 atom stereocenters. The lowest BCUT2D eigenvalue weighted by molar-refractivity contribution is -0.123. The monoisotopic (exact) mass is 370 g/mol. The summed E-state index contributed by atoms with van der Waals surface area (Å²) in [5.41, 5.74) is 2.64. The van der Waals surface area contributed by atoms with E-state index in [0.717, 1.165) is 22.0 Å². The zero-order chi connectivity index (χ0) is 19.2. The van der Waals surface area contributed by atoms with Gasteiger partial charge in [0.1, 0.15) is 6.33 Å². The first-order valence-corrected chi connectivity index (χ1v) is 8.88. The van der Waals surface area contributed by atoms with E-state index in [9.17, 15) is 4.79 Å². The van der Waals surface area contributed by atoms with E-state index < -0.39 is 0 Å². The Morgan fingerprint density at radius 2 is 1.71 bits per heavy atom. The molecule has 0 bridgehead atoms. The number of pyridine rings is 1. The van der Waals surface area contributed by atoms with Gasteiger partial charge in [-0.25, -0.2) is 9.97 Å². The number of ether oxygens (including phenoxy) is 1. The highest BCUT2D eigenvalue weighted by Crippen LogP contribution is 2.22. The molecule has 1 amide bonds. The van der Waals surface area contributed by atoms with Crippen molar-refractivity contribution in [3.63, 3.8) is 0 Å². The summed E-state index contributed by atoms with van der Waals surface area (Å²) in [6, 6.07) is 20.7. The van der Waals surface area contributed by atoms with Gasteiger partial charge in [-0.1, -0.05) is 48.5 Å². The molecule has 0 spiro atoms. The van der Waals surface area contributed by atoms with Crippen molar-refractivity contribution in [2.45, 2.75) is 6.04 Å². The van der Waals surface area contributed by atoms with E-state index in [0.29, 0.717) is 5.88 Å². The second-order valence-electron chi connectivity index (χ2n) is 6.18. The number of benzene rings is 2. The topological polar surface area (TPSA) is 77.0 Å². The normalized spacial score (nSPS) is 11.7. The Balaban J connectivity index is 1.50. The van der Waals surface area contributed by atoms with E-state index >= 15 is 0 Å². The maximum Gasteiger partial charge on any atom is 0.258 e. The fraction of sp³-hybridized carbons (Fsp3) is 0.0909. The van der Waals surface area contributed by atoms with Crippen LogP contribution in [-0.2, 0) is 4.79 Å². The van der Waals surface area contributed by atoms with Gasteiger partial charge in [-0.3, -0.25) is 9.78 Å². The number of nitrogens with one attached hydrogen (secondary N) is 1. The molecule has 4 rings (SSSR count). The maximum absolute atomic E-state index is 12.6. The van der Waals surface area contributed by atoms with Gasteiger partial charge in [0.05, 0.1) is 16.9 Å². The minimum absolute atomic E-state index is 0.148. The Morgan fingerprint density at radius 3 is 2.54 bits per heavy atom. The van der Waals surface area contributed by atoms with Crippen molar-refractivity contribution in [3.8, 4) is 5.88 Å². The third kappa shape index (κ3) is 3.96. The van der Waals surface area contributed by atoms with Crippen LogP contribution >= 0.6 is 0 Å². The molecule has 2 aromatic carbocycles. The van der Waals surface area contributed by atoms with Gasteiger partial charge in [-0.05, 0) is 29.3 Å². The summed E-state index contributed by atoms with van der Waals surface area (Å²) in [5.74, 6) is 0.138. The average molecular weight is 370 g/mol. The van der Waals surface area contributed by atoms with Gasteiger partial charge in [0.25, 0.3) is 5.91 Å². The van der Waals surface area contributed by atoms with Crippen molar-refractivity contribution >= 4 is 16.8 Å². The first-order valence-electron chi connectivity index (χ1n) is 8.88. The molecule has 138 valence electrons. The van der Waals surface area contributed by atoms with Crippen LogP contribution in [0, 0.1) is 0 Å². The van der Waals surface area contributed by atoms with Crippen LogP contribution in [0.4, 0.5) is 0 Å². The highest BCUT2D eigenvalue weighted by molar-refractivity contribution is 5.84. The smallest absolute Gasteiger partial charge is 0.258 e. The van der Waals surface area contributed by atoms with E-state index in [1.54, 1.807) is 12.4 Å². The van der Waals surface area contributed by atoms with Gasteiger partial charge in [-0.15, -0.1) is 0 Å². The van der Waals surface area contributed by atoms with Crippen molar-refractivity contribution in [2.75, 3.05) is 6.61 Å². The minimum atomic E-state index is -0.312.